The number of alkyl carbamates (subject to hydrolysis) is 1. The second-order valence-corrected chi connectivity index (χ2v) is 5.90. The van der Waals surface area contributed by atoms with E-state index in [1.54, 1.807) is 0 Å². The minimum Gasteiger partial charge on any atom is -0.444 e. The predicted octanol–water partition coefficient (Wildman–Crippen LogP) is 2.49. The van der Waals surface area contributed by atoms with Crippen molar-refractivity contribution in [1.82, 2.24) is 5.32 Å². The Labute approximate surface area is 113 Å². The van der Waals surface area contributed by atoms with Crippen molar-refractivity contribution >= 4 is 12.4 Å². The minimum absolute atomic E-state index is 0.0479. The van der Waals surface area contributed by atoms with Gasteiger partial charge in [0, 0.05) is 11.6 Å². The summed E-state index contributed by atoms with van der Waals surface area (Å²) in [4.78, 5) is 22.4. The first-order valence-corrected chi connectivity index (χ1v) is 6.44. The molecule has 0 aliphatic heterocycles. The number of benzene rings is 1. The zero-order chi connectivity index (χ0) is 14.0. The van der Waals surface area contributed by atoms with Crippen LogP contribution in [0.4, 0.5) is 4.79 Å². The Bertz CT molecular complexity index is 503. The number of carbonyl (C=O) groups is 2. The number of amides is 1. The molecule has 102 valence electrons. The fraction of sp³-hybridized carbons (Fsp3) is 0.467. The van der Waals surface area contributed by atoms with Gasteiger partial charge in [0.1, 0.15) is 11.9 Å². The summed E-state index contributed by atoms with van der Waals surface area (Å²) >= 11 is 0. The van der Waals surface area contributed by atoms with Crippen LogP contribution in [0.25, 0.3) is 0 Å². The summed E-state index contributed by atoms with van der Waals surface area (Å²) in [5.41, 5.74) is 2.51. The molecule has 1 aromatic rings. The smallest absolute Gasteiger partial charge is 0.407 e. The number of hydrogen-bond acceptors (Lipinski definition) is 3. The van der Waals surface area contributed by atoms with Gasteiger partial charge in [-0.15, -0.1) is 0 Å². The second kappa shape index (κ2) is 5.03. The molecular formula is C15H19NO3. The van der Waals surface area contributed by atoms with Crippen molar-refractivity contribution < 1.29 is 14.3 Å². The van der Waals surface area contributed by atoms with Gasteiger partial charge in [0.05, 0.1) is 0 Å². The zero-order valence-electron chi connectivity index (χ0n) is 11.5. The maximum absolute atomic E-state index is 11.7. The number of aldehydes is 1. The normalized spacial score (nSPS) is 17.7. The van der Waals surface area contributed by atoms with Crippen molar-refractivity contribution in [2.45, 2.75) is 45.3 Å². The SMILES string of the molecule is CC(C)(C)OC(=O)NC1Cc2ccc(C=O)cc2C1. The first-order chi connectivity index (χ1) is 8.87. The van der Waals surface area contributed by atoms with Crippen LogP contribution in [-0.2, 0) is 17.6 Å². The molecule has 19 heavy (non-hydrogen) atoms. The summed E-state index contributed by atoms with van der Waals surface area (Å²) in [6, 6.07) is 5.70. The highest BCUT2D eigenvalue weighted by atomic mass is 16.6. The minimum atomic E-state index is -0.486. The average Bonchev–Trinajstić information content (AvgIpc) is 2.66. The van der Waals surface area contributed by atoms with Crippen LogP contribution in [0.5, 0.6) is 0 Å². The molecule has 4 heteroatoms. The van der Waals surface area contributed by atoms with Gasteiger partial charge in [0.2, 0.25) is 0 Å². The molecule has 2 rings (SSSR count). The van der Waals surface area contributed by atoms with Gasteiger partial charge in [-0.1, -0.05) is 12.1 Å². The van der Waals surface area contributed by atoms with Crippen molar-refractivity contribution in [3.05, 3.63) is 34.9 Å². The Hall–Kier alpha value is -1.84. The summed E-state index contributed by atoms with van der Waals surface area (Å²) in [6.45, 7) is 5.52. The van der Waals surface area contributed by atoms with Gasteiger partial charge in [-0.3, -0.25) is 4.79 Å². The lowest BCUT2D eigenvalue weighted by atomic mass is 10.1. The maximum atomic E-state index is 11.7. The molecule has 1 aliphatic carbocycles. The Kier molecular flexibility index (Phi) is 3.60. The standard InChI is InChI=1S/C15H19NO3/c1-15(2,3)19-14(18)16-13-7-11-5-4-10(9-17)6-12(11)8-13/h4-6,9,13H,7-8H2,1-3H3,(H,16,18). The van der Waals surface area contributed by atoms with E-state index in [4.69, 9.17) is 4.74 Å². The lowest BCUT2D eigenvalue weighted by Crippen LogP contribution is -2.39. The van der Waals surface area contributed by atoms with Crippen molar-refractivity contribution in [3.63, 3.8) is 0 Å². The van der Waals surface area contributed by atoms with E-state index >= 15 is 0 Å². The van der Waals surface area contributed by atoms with Crippen LogP contribution >= 0.6 is 0 Å². The molecule has 0 saturated heterocycles. The fourth-order valence-electron chi connectivity index (χ4n) is 2.29. The van der Waals surface area contributed by atoms with Gasteiger partial charge in [0.15, 0.2) is 0 Å². The lowest BCUT2D eigenvalue weighted by molar-refractivity contribution is 0.0506. The quantitative estimate of drug-likeness (QED) is 0.832. The van der Waals surface area contributed by atoms with Gasteiger partial charge >= 0.3 is 6.09 Å². The molecule has 0 spiro atoms. The first kappa shape index (κ1) is 13.6. The van der Waals surface area contributed by atoms with Crippen LogP contribution in [0.3, 0.4) is 0 Å². The molecule has 0 saturated carbocycles. The fourth-order valence-corrected chi connectivity index (χ4v) is 2.29. The topological polar surface area (TPSA) is 55.4 Å². The van der Waals surface area contributed by atoms with Crippen molar-refractivity contribution in [1.29, 1.82) is 0 Å². The second-order valence-electron chi connectivity index (χ2n) is 5.90. The Morgan fingerprint density at radius 1 is 1.32 bits per heavy atom. The van der Waals surface area contributed by atoms with Crippen LogP contribution < -0.4 is 5.32 Å². The summed E-state index contributed by atoms with van der Waals surface area (Å²) in [6.07, 6.45) is 1.99. The molecule has 1 atom stereocenters. The highest BCUT2D eigenvalue weighted by Crippen LogP contribution is 2.23. The summed E-state index contributed by atoms with van der Waals surface area (Å²) in [7, 11) is 0. The van der Waals surface area contributed by atoms with Crippen LogP contribution in [-0.4, -0.2) is 24.0 Å². The van der Waals surface area contributed by atoms with Crippen LogP contribution in [0.1, 0.15) is 42.3 Å². The molecule has 1 aliphatic rings. The van der Waals surface area contributed by atoms with Crippen LogP contribution in [0.15, 0.2) is 18.2 Å². The molecule has 0 heterocycles. The molecule has 1 amide bonds. The van der Waals surface area contributed by atoms with E-state index in [2.05, 4.69) is 5.32 Å². The van der Waals surface area contributed by atoms with Crippen molar-refractivity contribution in [2.24, 2.45) is 0 Å². The number of ether oxygens (including phenoxy) is 1. The van der Waals surface area contributed by atoms with Crippen molar-refractivity contribution in [2.75, 3.05) is 0 Å². The molecule has 0 bridgehead atoms. The first-order valence-electron chi connectivity index (χ1n) is 6.44. The summed E-state index contributed by atoms with van der Waals surface area (Å²) < 4.78 is 5.24. The Morgan fingerprint density at radius 3 is 2.63 bits per heavy atom. The molecule has 0 fully saturated rings. The largest absolute Gasteiger partial charge is 0.444 e. The predicted molar refractivity (Wildman–Crippen MR) is 72.4 cm³/mol. The Morgan fingerprint density at radius 2 is 2.00 bits per heavy atom. The van der Waals surface area contributed by atoms with E-state index in [0.29, 0.717) is 5.56 Å². The van der Waals surface area contributed by atoms with Gasteiger partial charge < -0.3 is 10.1 Å². The van der Waals surface area contributed by atoms with Gasteiger partial charge in [-0.25, -0.2) is 4.79 Å². The molecule has 1 N–H and O–H groups in total. The van der Waals surface area contributed by atoms with Crippen LogP contribution in [0.2, 0.25) is 0 Å². The number of fused-ring (bicyclic) bond motifs is 1. The van der Waals surface area contributed by atoms with Crippen LogP contribution in [0, 0.1) is 0 Å². The number of carbonyl (C=O) groups excluding carboxylic acids is 2. The third-order valence-corrected chi connectivity index (χ3v) is 3.02. The average molecular weight is 261 g/mol. The van der Waals surface area contributed by atoms with E-state index in [1.807, 2.05) is 39.0 Å². The molecule has 4 nitrogen and oxygen atoms in total. The third-order valence-electron chi connectivity index (χ3n) is 3.02. The van der Waals surface area contributed by atoms with E-state index < -0.39 is 5.60 Å². The molecule has 0 aromatic heterocycles. The summed E-state index contributed by atoms with van der Waals surface area (Å²) in [5, 5.41) is 2.87. The van der Waals surface area contributed by atoms with E-state index in [1.165, 1.54) is 5.56 Å². The molecule has 1 aromatic carbocycles. The highest BCUT2D eigenvalue weighted by molar-refractivity contribution is 5.75. The van der Waals surface area contributed by atoms with E-state index in [9.17, 15) is 9.59 Å². The molecule has 1 unspecified atom stereocenters. The van der Waals surface area contributed by atoms with Gasteiger partial charge in [0.25, 0.3) is 0 Å². The molecule has 0 radical (unpaired) electrons. The van der Waals surface area contributed by atoms with E-state index in [-0.39, 0.29) is 12.1 Å². The van der Waals surface area contributed by atoms with Crippen molar-refractivity contribution in [3.8, 4) is 0 Å². The highest BCUT2D eigenvalue weighted by Gasteiger charge is 2.25. The number of hydrogen-bond donors (Lipinski definition) is 1. The third kappa shape index (κ3) is 3.56. The molecular weight excluding hydrogens is 242 g/mol. The Balaban J connectivity index is 1.97. The monoisotopic (exact) mass is 261 g/mol. The number of rotatable bonds is 2. The van der Waals surface area contributed by atoms with Gasteiger partial charge in [-0.05, 0) is 50.8 Å². The zero-order valence-corrected chi connectivity index (χ0v) is 11.5. The van der Waals surface area contributed by atoms with Gasteiger partial charge in [-0.2, -0.15) is 0 Å². The number of nitrogens with one attached hydrogen (secondary N) is 1. The lowest BCUT2D eigenvalue weighted by Gasteiger charge is -2.21. The maximum Gasteiger partial charge on any atom is 0.407 e. The van der Waals surface area contributed by atoms with E-state index in [0.717, 1.165) is 24.7 Å². The summed E-state index contributed by atoms with van der Waals surface area (Å²) in [5.74, 6) is 0.